The molecular formula is C7H7BBrNO3. The number of halogens is 1. The number of hydrogen-bond donors (Lipinski definition) is 2. The fourth-order valence-electron chi connectivity index (χ4n) is 0.777. The van der Waals surface area contributed by atoms with Gasteiger partial charge in [0.05, 0.1) is 11.6 Å². The maximum Gasteiger partial charge on any atom is 0.227 e. The Bertz CT molecular complexity index is 313. The molecule has 2 radical (unpaired) electrons. The van der Waals surface area contributed by atoms with Crippen LogP contribution in [-0.4, -0.2) is 30.2 Å². The van der Waals surface area contributed by atoms with Gasteiger partial charge in [0.2, 0.25) is 5.88 Å². The van der Waals surface area contributed by atoms with Crippen LogP contribution in [-0.2, 0) is 5.69 Å². The number of ether oxygens (including phenoxy) is 1. The fraction of sp³-hybridized carbons (Fsp3) is 0.286. The highest BCUT2D eigenvalue weighted by atomic mass is 79.9. The summed E-state index contributed by atoms with van der Waals surface area (Å²) in [6, 6.07) is 1.42. The number of aliphatic hydroxyl groups is 2. The maximum absolute atomic E-state index is 9.01. The first-order valence-electron chi connectivity index (χ1n) is 3.39. The summed E-state index contributed by atoms with van der Waals surface area (Å²) in [4.78, 5) is 3.79. The smallest absolute Gasteiger partial charge is 0.227 e. The Balaban J connectivity index is 3.10. The first kappa shape index (κ1) is 10.5. The molecule has 0 fully saturated rings. The minimum absolute atomic E-state index is 0.0835. The molecule has 0 aromatic carbocycles. The molecule has 6 heteroatoms. The van der Waals surface area contributed by atoms with Crippen molar-refractivity contribution in [2.45, 2.75) is 5.69 Å². The molecule has 0 amide bonds. The zero-order valence-electron chi connectivity index (χ0n) is 6.86. The van der Waals surface area contributed by atoms with E-state index in [2.05, 4.69) is 20.9 Å². The molecule has 1 rings (SSSR count). The summed E-state index contributed by atoms with van der Waals surface area (Å²) in [6.07, 6.45) is 1.23. The van der Waals surface area contributed by atoms with Crippen LogP contribution in [0, 0.1) is 0 Å². The molecular weight excluding hydrogens is 237 g/mol. The van der Waals surface area contributed by atoms with E-state index in [0.29, 0.717) is 10.4 Å². The zero-order valence-corrected chi connectivity index (χ0v) is 8.45. The molecule has 0 unspecified atom stereocenters. The average Bonchev–Trinajstić information content (AvgIpc) is 2.02. The lowest BCUT2D eigenvalue weighted by Gasteiger charge is -2.17. The number of aromatic nitrogens is 1. The first-order valence-corrected chi connectivity index (χ1v) is 4.18. The van der Waals surface area contributed by atoms with Gasteiger partial charge in [0, 0.05) is 11.8 Å². The summed E-state index contributed by atoms with van der Waals surface area (Å²) in [5.41, 5.74) is -2.29. The molecule has 1 aromatic heterocycles. The van der Waals surface area contributed by atoms with Crippen LogP contribution in [0.2, 0.25) is 0 Å². The molecule has 2 N–H and O–H groups in total. The molecule has 1 heterocycles. The van der Waals surface area contributed by atoms with Crippen LogP contribution in [0.5, 0.6) is 5.88 Å². The molecule has 4 nitrogen and oxygen atoms in total. The standard InChI is InChI=1S/C7H7BBrNO3/c1-13-6-5(9)2-4(3-10-6)7(8,11)12/h2-3,11-12H,1H3. The summed E-state index contributed by atoms with van der Waals surface area (Å²) in [6.45, 7) is 0. The number of nitrogens with zero attached hydrogens (tertiary/aromatic N) is 1. The van der Waals surface area contributed by atoms with Crippen LogP contribution in [0.1, 0.15) is 5.56 Å². The van der Waals surface area contributed by atoms with E-state index in [1.165, 1.54) is 19.4 Å². The number of hydrogen-bond acceptors (Lipinski definition) is 4. The summed E-state index contributed by atoms with van der Waals surface area (Å²) >= 11 is 3.13. The van der Waals surface area contributed by atoms with Gasteiger partial charge in [0.15, 0.2) is 7.85 Å². The van der Waals surface area contributed by atoms with Crippen LogP contribution in [0.4, 0.5) is 0 Å². The summed E-state index contributed by atoms with van der Waals surface area (Å²) < 4.78 is 5.36. The maximum atomic E-state index is 9.01. The van der Waals surface area contributed by atoms with E-state index in [0.717, 1.165) is 0 Å². The first-order chi connectivity index (χ1) is 5.95. The van der Waals surface area contributed by atoms with Crippen molar-refractivity contribution in [3.8, 4) is 5.88 Å². The molecule has 0 saturated carbocycles. The second kappa shape index (κ2) is 3.65. The molecule has 0 spiro atoms. The monoisotopic (exact) mass is 243 g/mol. The lowest BCUT2D eigenvalue weighted by atomic mass is 9.89. The van der Waals surface area contributed by atoms with Gasteiger partial charge in [-0.2, -0.15) is 0 Å². The van der Waals surface area contributed by atoms with Crippen molar-refractivity contribution in [1.29, 1.82) is 0 Å². The Morgan fingerprint density at radius 3 is 2.62 bits per heavy atom. The highest BCUT2D eigenvalue weighted by molar-refractivity contribution is 9.10. The molecule has 0 aliphatic rings. The number of methoxy groups -OCH3 is 1. The highest BCUT2D eigenvalue weighted by Gasteiger charge is 2.19. The molecule has 0 aliphatic heterocycles. The predicted molar refractivity (Wildman–Crippen MR) is 50.4 cm³/mol. The summed E-state index contributed by atoms with van der Waals surface area (Å²) in [7, 11) is 6.49. The van der Waals surface area contributed by atoms with Gasteiger partial charge < -0.3 is 14.9 Å². The van der Waals surface area contributed by atoms with Gasteiger partial charge in [-0.15, -0.1) is 0 Å². The van der Waals surface area contributed by atoms with E-state index >= 15 is 0 Å². The Labute approximate surface area is 85.1 Å². The van der Waals surface area contributed by atoms with Crippen molar-refractivity contribution in [3.05, 3.63) is 22.3 Å². The van der Waals surface area contributed by atoms with E-state index in [1.54, 1.807) is 0 Å². The molecule has 1 aromatic rings. The Morgan fingerprint density at radius 2 is 2.23 bits per heavy atom. The molecule has 0 saturated heterocycles. The fourth-order valence-corrected chi connectivity index (χ4v) is 1.29. The van der Waals surface area contributed by atoms with Gasteiger partial charge in [-0.3, -0.25) is 0 Å². The predicted octanol–water partition coefficient (Wildman–Crippen LogP) is 0.116. The third-order valence-corrected chi connectivity index (χ3v) is 1.99. The third-order valence-electron chi connectivity index (χ3n) is 1.43. The largest absolute Gasteiger partial charge is 0.480 e. The topological polar surface area (TPSA) is 62.6 Å². The van der Waals surface area contributed by atoms with Crippen molar-refractivity contribution < 1.29 is 14.9 Å². The third kappa shape index (κ3) is 2.43. The lowest BCUT2D eigenvalue weighted by Crippen LogP contribution is -2.25. The second-order valence-electron chi connectivity index (χ2n) is 2.44. The van der Waals surface area contributed by atoms with Crippen molar-refractivity contribution in [2.24, 2.45) is 0 Å². The minimum atomic E-state index is -2.37. The summed E-state index contributed by atoms with van der Waals surface area (Å²) in [5, 5.41) is 18.0. The van der Waals surface area contributed by atoms with Crippen LogP contribution < -0.4 is 4.74 Å². The van der Waals surface area contributed by atoms with E-state index in [4.69, 9.17) is 22.8 Å². The molecule has 68 valence electrons. The van der Waals surface area contributed by atoms with Crippen LogP contribution in [0.25, 0.3) is 0 Å². The van der Waals surface area contributed by atoms with Crippen molar-refractivity contribution >= 4 is 23.8 Å². The molecule has 0 bridgehead atoms. The van der Waals surface area contributed by atoms with Crippen LogP contribution in [0.3, 0.4) is 0 Å². The van der Waals surface area contributed by atoms with E-state index in [9.17, 15) is 0 Å². The molecule has 0 aliphatic carbocycles. The quantitative estimate of drug-likeness (QED) is 0.572. The number of pyridine rings is 1. The SMILES string of the molecule is [B]C(O)(O)c1cnc(OC)c(Br)c1. The highest BCUT2D eigenvalue weighted by Crippen LogP contribution is 2.25. The normalized spacial score (nSPS) is 11.4. The van der Waals surface area contributed by atoms with E-state index in [1.807, 2.05) is 0 Å². The zero-order chi connectivity index (χ0) is 10.1. The average molecular weight is 244 g/mol. The van der Waals surface area contributed by atoms with Crippen LogP contribution in [0.15, 0.2) is 16.7 Å². The Hall–Kier alpha value is -0.585. The van der Waals surface area contributed by atoms with E-state index < -0.39 is 5.69 Å². The van der Waals surface area contributed by atoms with Crippen molar-refractivity contribution in [3.63, 3.8) is 0 Å². The molecule has 13 heavy (non-hydrogen) atoms. The Morgan fingerprint density at radius 1 is 1.62 bits per heavy atom. The van der Waals surface area contributed by atoms with Gasteiger partial charge >= 0.3 is 0 Å². The van der Waals surface area contributed by atoms with Gasteiger partial charge in [-0.05, 0) is 22.0 Å². The number of rotatable bonds is 2. The minimum Gasteiger partial charge on any atom is -0.480 e. The van der Waals surface area contributed by atoms with Crippen molar-refractivity contribution in [1.82, 2.24) is 4.98 Å². The van der Waals surface area contributed by atoms with Crippen LogP contribution >= 0.6 is 15.9 Å². The van der Waals surface area contributed by atoms with Gasteiger partial charge in [0.1, 0.15) is 5.69 Å². The lowest BCUT2D eigenvalue weighted by molar-refractivity contribution is -0.0913. The van der Waals surface area contributed by atoms with Gasteiger partial charge in [0.25, 0.3) is 0 Å². The Kier molecular flexibility index (Phi) is 2.95. The van der Waals surface area contributed by atoms with Gasteiger partial charge in [-0.25, -0.2) is 4.98 Å². The van der Waals surface area contributed by atoms with E-state index in [-0.39, 0.29) is 5.56 Å². The summed E-state index contributed by atoms with van der Waals surface area (Å²) in [5.74, 6) is 0.355. The molecule has 0 atom stereocenters. The van der Waals surface area contributed by atoms with Gasteiger partial charge in [-0.1, -0.05) is 0 Å². The second-order valence-corrected chi connectivity index (χ2v) is 3.30. The van der Waals surface area contributed by atoms with Crippen molar-refractivity contribution in [2.75, 3.05) is 7.11 Å².